The molecule has 1 fully saturated rings. The molecule has 0 spiro atoms. The van der Waals surface area contributed by atoms with E-state index in [0.29, 0.717) is 11.3 Å². The Morgan fingerprint density at radius 1 is 1.29 bits per heavy atom. The van der Waals surface area contributed by atoms with Gasteiger partial charge in [-0.05, 0) is 25.1 Å². The Kier molecular flexibility index (Phi) is 6.75. The number of para-hydroxylation sites is 1. The van der Waals surface area contributed by atoms with Crippen molar-refractivity contribution in [3.05, 3.63) is 63.7 Å². The third kappa shape index (κ3) is 4.94. The van der Waals surface area contributed by atoms with E-state index in [9.17, 15) is 24.5 Å². The molecule has 0 saturated carbocycles. The predicted octanol–water partition coefficient (Wildman–Crippen LogP) is 2.87. The first-order chi connectivity index (χ1) is 14.8. The minimum absolute atomic E-state index is 0.0663. The Bertz CT molecular complexity index is 1040. The van der Waals surface area contributed by atoms with E-state index in [-0.39, 0.29) is 41.2 Å². The van der Waals surface area contributed by atoms with Crippen molar-refractivity contribution in [2.45, 2.75) is 19.2 Å². The van der Waals surface area contributed by atoms with Gasteiger partial charge in [0.25, 0.3) is 17.5 Å². The van der Waals surface area contributed by atoms with Crippen molar-refractivity contribution in [1.82, 2.24) is 10.4 Å². The van der Waals surface area contributed by atoms with Crippen molar-refractivity contribution >= 4 is 40.9 Å². The van der Waals surface area contributed by atoms with Gasteiger partial charge in [-0.3, -0.25) is 29.9 Å². The maximum atomic E-state index is 13.0. The smallest absolute Gasteiger partial charge is 0.275 e. The Morgan fingerprint density at radius 2 is 2.03 bits per heavy atom. The Morgan fingerprint density at radius 3 is 2.71 bits per heavy atom. The number of ether oxygens (including phenoxy) is 1. The molecule has 1 aliphatic heterocycles. The van der Waals surface area contributed by atoms with Gasteiger partial charge in [-0.25, -0.2) is 5.01 Å². The van der Waals surface area contributed by atoms with Crippen LogP contribution in [0.15, 0.2) is 42.5 Å². The highest BCUT2D eigenvalue weighted by molar-refractivity contribution is 8.00. The molecule has 1 saturated heterocycles. The molecule has 31 heavy (non-hydrogen) atoms. The number of anilines is 1. The van der Waals surface area contributed by atoms with Crippen molar-refractivity contribution in [1.29, 1.82) is 0 Å². The molecule has 162 valence electrons. The maximum absolute atomic E-state index is 13.0. The zero-order valence-electron chi connectivity index (χ0n) is 16.8. The van der Waals surface area contributed by atoms with Crippen LogP contribution in [0, 0.1) is 10.1 Å². The lowest BCUT2D eigenvalue weighted by atomic mass is 10.1. The van der Waals surface area contributed by atoms with Crippen LogP contribution in [-0.4, -0.2) is 40.0 Å². The summed E-state index contributed by atoms with van der Waals surface area (Å²) in [6, 6.07) is 10.6. The third-order valence-electron chi connectivity index (χ3n) is 4.34. The largest absolute Gasteiger partial charge is 0.493 e. The second-order valence-electron chi connectivity index (χ2n) is 6.51. The fraction of sp³-hybridized carbons (Fsp3) is 0.250. The van der Waals surface area contributed by atoms with Crippen LogP contribution in [0.5, 0.6) is 5.75 Å². The molecule has 11 heteroatoms. The van der Waals surface area contributed by atoms with Gasteiger partial charge in [0.2, 0.25) is 5.91 Å². The molecule has 10 nitrogen and oxygen atoms in total. The number of carbonyl (C=O) groups excluding carboxylic acids is 3. The number of thioether (sulfide) groups is 1. The van der Waals surface area contributed by atoms with Crippen LogP contribution in [0.1, 0.15) is 35.1 Å². The Hall–Kier alpha value is -3.60. The number of rotatable bonds is 7. The first kappa shape index (κ1) is 22.1. The molecular weight excluding hydrogens is 424 g/mol. The van der Waals surface area contributed by atoms with Gasteiger partial charge in [-0.1, -0.05) is 12.1 Å². The van der Waals surface area contributed by atoms with E-state index in [2.05, 4.69) is 10.7 Å². The molecule has 3 rings (SSSR count). The van der Waals surface area contributed by atoms with Crippen molar-refractivity contribution in [3.63, 3.8) is 0 Å². The molecule has 1 atom stereocenters. The average molecular weight is 444 g/mol. The second kappa shape index (κ2) is 9.47. The van der Waals surface area contributed by atoms with E-state index in [1.165, 1.54) is 43.0 Å². The summed E-state index contributed by atoms with van der Waals surface area (Å²) >= 11 is 1.18. The lowest BCUT2D eigenvalue weighted by Gasteiger charge is -2.25. The van der Waals surface area contributed by atoms with Gasteiger partial charge in [-0.2, -0.15) is 0 Å². The average Bonchev–Trinajstić information content (AvgIpc) is 3.08. The fourth-order valence-corrected chi connectivity index (χ4v) is 4.21. The molecule has 3 amide bonds. The molecule has 1 heterocycles. The first-order valence-corrected chi connectivity index (χ1v) is 10.4. The van der Waals surface area contributed by atoms with Crippen molar-refractivity contribution in [3.8, 4) is 5.75 Å². The molecule has 0 radical (unpaired) electrons. The zero-order valence-corrected chi connectivity index (χ0v) is 17.6. The molecular formula is C20H20N4O6S. The number of nitro groups is 1. The van der Waals surface area contributed by atoms with Crippen LogP contribution in [0.4, 0.5) is 11.4 Å². The maximum Gasteiger partial charge on any atom is 0.275 e. The van der Waals surface area contributed by atoms with Gasteiger partial charge in [0.05, 0.1) is 28.4 Å². The summed E-state index contributed by atoms with van der Waals surface area (Å²) in [6.07, 6.45) is 0. The summed E-state index contributed by atoms with van der Waals surface area (Å²) in [6.45, 7) is 3.39. The van der Waals surface area contributed by atoms with Gasteiger partial charge in [0.15, 0.2) is 0 Å². The summed E-state index contributed by atoms with van der Waals surface area (Å²) in [5.41, 5.74) is 3.34. The topological polar surface area (TPSA) is 131 Å². The number of hydrogen-bond donors (Lipinski definition) is 2. The molecule has 1 unspecified atom stereocenters. The van der Waals surface area contributed by atoms with Gasteiger partial charge in [0, 0.05) is 24.7 Å². The minimum atomic E-state index is -0.743. The summed E-state index contributed by atoms with van der Waals surface area (Å²) in [5.74, 6) is -0.970. The fourth-order valence-electron chi connectivity index (χ4n) is 3.07. The van der Waals surface area contributed by atoms with E-state index in [0.717, 1.165) is 5.01 Å². The highest BCUT2D eigenvalue weighted by Crippen LogP contribution is 2.41. The Balaban J connectivity index is 1.88. The van der Waals surface area contributed by atoms with E-state index in [4.69, 9.17) is 4.74 Å². The van der Waals surface area contributed by atoms with Crippen LogP contribution < -0.4 is 15.5 Å². The predicted molar refractivity (Wildman–Crippen MR) is 115 cm³/mol. The number of benzene rings is 2. The summed E-state index contributed by atoms with van der Waals surface area (Å²) in [4.78, 5) is 47.6. The highest BCUT2D eigenvalue weighted by Gasteiger charge is 2.38. The minimum Gasteiger partial charge on any atom is -0.493 e. The lowest BCUT2D eigenvalue weighted by molar-refractivity contribution is -0.385. The molecule has 1 aliphatic rings. The van der Waals surface area contributed by atoms with Gasteiger partial charge < -0.3 is 10.1 Å². The van der Waals surface area contributed by atoms with E-state index in [1.807, 2.05) is 0 Å². The van der Waals surface area contributed by atoms with Gasteiger partial charge >= 0.3 is 0 Å². The number of carbonyl (C=O) groups is 3. The van der Waals surface area contributed by atoms with Crippen molar-refractivity contribution in [2.24, 2.45) is 0 Å². The number of amides is 3. The number of hydrogen-bond acceptors (Lipinski definition) is 7. The summed E-state index contributed by atoms with van der Waals surface area (Å²) in [5, 5.41) is 14.4. The van der Waals surface area contributed by atoms with E-state index < -0.39 is 16.2 Å². The summed E-state index contributed by atoms with van der Waals surface area (Å²) in [7, 11) is 0. The monoisotopic (exact) mass is 444 g/mol. The van der Waals surface area contributed by atoms with Crippen molar-refractivity contribution in [2.75, 3.05) is 17.7 Å². The third-order valence-corrected chi connectivity index (χ3v) is 5.53. The number of nitrogens with one attached hydrogen (secondary N) is 2. The number of nitro benzene ring substituents is 1. The molecule has 2 N–H and O–H groups in total. The molecule has 2 aromatic carbocycles. The molecule has 0 aromatic heterocycles. The first-order valence-electron chi connectivity index (χ1n) is 9.34. The van der Waals surface area contributed by atoms with Gasteiger partial charge in [-0.15, -0.1) is 11.8 Å². The molecule has 0 aliphatic carbocycles. The number of nitrogens with zero attached hydrogens (tertiary/aromatic N) is 2. The quantitative estimate of drug-likeness (QED) is 0.496. The standard InChI is InChI=1S/C20H20N4O6S/c1-3-30-17-10-13(21-12(2)25)8-9-15(17)19(27)22-23-18(26)11-31-20(23)14-6-4-5-7-16(14)24(28)29/h4-10,20H,3,11H2,1-2H3,(H,21,25)(H,22,27). The van der Waals surface area contributed by atoms with Crippen LogP contribution >= 0.6 is 11.8 Å². The van der Waals surface area contributed by atoms with Gasteiger partial charge in [0.1, 0.15) is 11.1 Å². The van der Waals surface area contributed by atoms with E-state index in [1.54, 1.807) is 25.1 Å². The van der Waals surface area contributed by atoms with Crippen LogP contribution in [0.3, 0.4) is 0 Å². The second-order valence-corrected chi connectivity index (χ2v) is 7.58. The highest BCUT2D eigenvalue weighted by atomic mass is 32.2. The zero-order chi connectivity index (χ0) is 22.5. The Labute approximate surface area is 182 Å². The van der Waals surface area contributed by atoms with E-state index >= 15 is 0 Å². The normalized spacial score (nSPS) is 15.5. The van der Waals surface area contributed by atoms with Crippen LogP contribution in [0.25, 0.3) is 0 Å². The number of hydrazine groups is 1. The van der Waals surface area contributed by atoms with Crippen LogP contribution in [-0.2, 0) is 9.59 Å². The van der Waals surface area contributed by atoms with Crippen LogP contribution in [0.2, 0.25) is 0 Å². The summed E-state index contributed by atoms with van der Waals surface area (Å²) < 4.78 is 5.52. The van der Waals surface area contributed by atoms with Crippen molar-refractivity contribution < 1.29 is 24.0 Å². The molecule has 0 bridgehead atoms. The molecule has 2 aromatic rings. The SMILES string of the molecule is CCOc1cc(NC(C)=O)ccc1C(=O)NN1C(=O)CSC1c1ccccc1[N+](=O)[O-]. The lowest BCUT2D eigenvalue weighted by Crippen LogP contribution is -2.44.